The molecule has 3 heteroatoms. The molecule has 0 radical (unpaired) electrons. The lowest BCUT2D eigenvalue weighted by Gasteiger charge is -2.11. The summed E-state index contributed by atoms with van der Waals surface area (Å²) in [4.78, 5) is 4.01. The lowest BCUT2D eigenvalue weighted by molar-refractivity contribution is 0.202. The summed E-state index contributed by atoms with van der Waals surface area (Å²) < 4.78 is 5.13. The predicted molar refractivity (Wildman–Crippen MR) is 73.6 cm³/mol. The summed E-state index contributed by atoms with van der Waals surface area (Å²) in [5, 5.41) is 3.46. The van der Waals surface area contributed by atoms with E-state index in [4.69, 9.17) is 4.74 Å². The Bertz CT molecular complexity index is 471. The van der Waals surface area contributed by atoms with Crippen LogP contribution in [0.5, 0.6) is 0 Å². The standard InChI is InChI=1S/C15H18N2O/c1-18-11-8-14-4-2-3-5-15(14)17-12-13-6-9-16-10-7-13/h2-7,9-10,17H,8,11-12H2,1H3. The Morgan fingerprint density at radius 3 is 2.67 bits per heavy atom. The maximum absolute atomic E-state index is 5.13. The molecular formula is C15H18N2O. The number of para-hydroxylation sites is 1. The van der Waals surface area contributed by atoms with Crippen LogP contribution in [0.1, 0.15) is 11.1 Å². The fraction of sp³-hybridized carbons (Fsp3) is 0.267. The first-order valence-electron chi connectivity index (χ1n) is 6.10. The first kappa shape index (κ1) is 12.6. The van der Waals surface area contributed by atoms with Crippen LogP contribution in [0.15, 0.2) is 48.8 Å². The summed E-state index contributed by atoms with van der Waals surface area (Å²) in [6.07, 6.45) is 4.55. The molecule has 0 aliphatic heterocycles. The summed E-state index contributed by atoms with van der Waals surface area (Å²) in [5.41, 5.74) is 3.69. The van der Waals surface area contributed by atoms with E-state index in [-0.39, 0.29) is 0 Å². The molecule has 1 heterocycles. The van der Waals surface area contributed by atoms with Crippen molar-refractivity contribution in [1.29, 1.82) is 0 Å². The second kappa shape index (κ2) is 6.77. The molecule has 2 aromatic rings. The highest BCUT2D eigenvalue weighted by molar-refractivity contribution is 5.51. The third-order valence-corrected chi connectivity index (χ3v) is 2.83. The van der Waals surface area contributed by atoms with Crippen molar-refractivity contribution in [2.75, 3.05) is 19.0 Å². The van der Waals surface area contributed by atoms with Gasteiger partial charge in [0.1, 0.15) is 0 Å². The number of rotatable bonds is 6. The average Bonchev–Trinajstić information content (AvgIpc) is 2.45. The highest BCUT2D eigenvalue weighted by atomic mass is 16.5. The van der Waals surface area contributed by atoms with E-state index in [1.165, 1.54) is 16.8 Å². The molecule has 0 spiro atoms. The van der Waals surface area contributed by atoms with Gasteiger partial charge in [-0.3, -0.25) is 4.98 Å². The van der Waals surface area contributed by atoms with Crippen molar-refractivity contribution in [3.05, 3.63) is 59.9 Å². The molecule has 94 valence electrons. The minimum absolute atomic E-state index is 0.744. The second-order valence-corrected chi connectivity index (χ2v) is 4.11. The summed E-state index contributed by atoms with van der Waals surface area (Å²) in [6, 6.07) is 12.4. The monoisotopic (exact) mass is 242 g/mol. The fourth-order valence-electron chi connectivity index (χ4n) is 1.82. The van der Waals surface area contributed by atoms with Crippen LogP contribution < -0.4 is 5.32 Å². The van der Waals surface area contributed by atoms with Gasteiger partial charge in [-0.1, -0.05) is 18.2 Å². The van der Waals surface area contributed by atoms with Gasteiger partial charge in [0.25, 0.3) is 0 Å². The number of methoxy groups -OCH3 is 1. The van der Waals surface area contributed by atoms with Crippen LogP contribution in [-0.2, 0) is 17.7 Å². The number of benzene rings is 1. The van der Waals surface area contributed by atoms with E-state index in [0.29, 0.717) is 0 Å². The molecular weight excluding hydrogens is 224 g/mol. The molecule has 0 bridgehead atoms. The predicted octanol–water partition coefficient (Wildman–Crippen LogP) is 2.88. The quantitative estimate of drug-likeness (QED) is 0.845. The number of hydrogen-bond donors (Lipinski definition) is 1. The molecule has 0 fully saturated rings. The molecule has 1 N–H and O–H groups in total. The molecule has 0 saturated carbocycles. The molecule has 0 aliphatic rings. The fourth-order valence-corrected chi connectivity index (χ4v) is 1.82. The van der Waals surface area contributed by atoms with Crippen molar-refractivity contribution >= 4 is 5.69 Å². The van der Waals surface area contributed by atoms with Gasteiger partial charge in [-0.25, -0.2) is 0 Å². The van der Waals surface area contributed by atoms with Crippen molar-refractivity contribution in [2.24, 2.45) is 0 Å². The van der Waals surface area contributed by atoms with E-state index in [9.17, 15) is 0 Å². The van der Waals surface area contributed by atoms with Crippen molar-refractivity contribution < 1.29 is 4.74 Å². The first-order valence-corrected chi connectivity index (χ1v) is 6.10. The van der Waals surface area contributed by atoms with Crippen molar-refractivity contribution in [3.63, 3.8) is 0 Å². The Labute approximate surface area is 108 Å². The average molecular weight is 242 g/mol. The van der Waals surface area contributed by atoms with Gasteiger partial charge in [-0.05, 0) is 35.7 Å². The van der Waals surface area contributed by atoms with Crippen molar-refractivity contribution in [2.45, 2.75) is 13.0 Å². The first-order chi connectivity index (χ1) is 8.90. The van der Waals surface area contributed by atoms with E-state index >= 15 is 0 Å². The number of nitrogens with one attached hydrogen (secondary N) is 1. The van der Waals surface area contributed by atoms with Crippen LogP contribution in [-0.4, -0.2) is 18.7 Å². The normalized spacial score (nSPS) is 10.3. The molecule has 1 aromatic heterocycles. The van der Waals surface area contributed by atoms with Gasteiger partial charge in [0, 0.05) is 31.7 Å². The summed E-state index contributed by atoms with van der Waals surface area (Å²) in [5.74, 6) is 0. The van der Waals surface area contributed by atoms with Crippen LogP contribution in [0, 0.1) is 0 Å². The zero-order valence-electron chi connectivity index (χ0n) is 10.6. The molecule has 1 aromatic carbocycles. The minimum atomic E-state index is 0.744. The molecule has 18 heavy (non-hydrogen) atoms. The largest absolute Gasteiger partial charge is 0.384 e. The van der Waals surface area contributed by atoms with E-state index in [0.717, 1.165) is 19.6 Å². The van der Waals surface area contributed by atoms with Gasteiger partial charge in [0.2, 0.25) is 0 Å². The van der Waals surface area contributed by atoms with Crippen LogP contribution in [0.25, 0.3) is 0 Å². The van der Waals surface area contributed by atoms with Gasteiger partial charge in [0.05, 0.1) is 6.61 Å². The summed E-state index contributed by atoms with van der Waals surface area (Å²) in [6.45, 7) is 1.56. The highest BCUT2D eigenvalue weighted by Gasteiger charge is 2.01. The summed E-state index contributed by atoms with van der Waals surface area (Å²) in [7, 11) is 1.73. The molecule has 0 aliphatic carbocycles. The van der Waals surface area contributed by atoms with Crippen LogP contribution in [0.4, 0.5) is 5.69 Å². The van der Waals surface area contributed by atoms with Crippen LogP contribution in [0.3, 0.4) is 0 Å². The number of pyridine rings is 1. The van der Waals surface area contributed by atoms with Gasteiger partial charge >= 0.3 is 0 Å². The number of nitrogens with zero attached hydrogens (tertiary/aromatic N) is 1. The van der Waals surface area contributed by atoms with Gasteiger partial charge in [-0.15, -0.1) is 0 Å². The summed E-state index contributed by atoms with van der Waals surface area (Å²) >= 11 is 0. The van der Waals surface area contributed by atoms with Crippen LogP contribution >= 0.6 is 0 Å². The van der Waals surface area contributed by atoms with Crippen molar-refractivity contribution in [1.82, 2.24) is 4.98 Å². The Kier molecular flexibility index (Phi) is 4.73. The Morgan fingerprint density at radius 2 is 1.89 bits per heavy atom. The van der Waals surface area contributed by atoms with E-state index in [2.05, 4.69) is 28.5 Å². The molecule has 0 unspecified atom stereocenters. The SMILES string of the molecule is COCCc1ccccc1NCc1ccncc1. The van der Waals surface area contributed by atoms with E-state index in [1.807, 2.05) is 30.6 Å². The van der Waals surface area contributed by atoms with Crippen molar-refractivity contribution in [3.8, 4) is 0 Å². The van der Waals surface area contributed by atoms with E-state index in [1.54, 1.807) is 7.11 Å². The molecule has 2 rings (SSSR count). The lowest BCUT2D eigenvalue weighted by atomic mass is 10.1. The molecule has 3 nitrogen and oxygen atoms in total. The van der Waals surface area contributed by atoms with Crippen LogP contribution in [0.2, 0.25) is 0 Å². The zero-order chi connectivity index (χ0) is 12.6. The third-order valence-electron chi connectivity index (χ3n) is 2.83. The number of hydrogen-bond acceptors (Lipinski definition) is 3. The number of anilines is 1. The Hall–Kier alpha value is -1.87. The number of ether oxygens (including phenoxy) is 1. The maximum Gasteiger partial charge on any atom is 0.0503 e. The number of aromatic nitrogens is 1. The molecule has 0 atom stereocenters. The van der Waals surface area contributed by atoms with Gasteiger partial charge < -0.3 is 10.1 Å². The van der Waals surface area contributed by atoms with Gasteiger partial charge in [-0.2, -0.15) is 0 Å². The maximum atomic E-state index is 5.13. The smallest absolute Gasteiger partial charge is 0.0503 e. The highest BCUT2D eigenvalue weighted by Crippen LogP contribution is 2.16. The minimum Gasteiger partial charge on any atom is -0.384 e. The Morgan fingerprint density at radius 1 is 1.11 bits per heavy atom. The third kappa shape index (κ3) is 3.57. The molecule has 0 saturated heterocycles. The lowest BCUT2D eigenvalue weighted by Crippen LogP contribution is -2.04. The second-order valence-electron chi connectivity index (χ2n) is 4.11. The van der Waals surface area contributed by atoms with E-state index < -0.39 is 0 Å². The topological polar surface area (TPSA) is 34.1 Å². The zero-order valence-corrected chi connectivity index (χ0v) is 10.6. The Balaban J connectivity index is 2.00. The van der Waals surface area contributed by atoms with Gasteiger partial charge in [0.15, 0.2) is 0 Å². The molecule has 0 amide bonds.